The maximum atomic E-state index is 12.2. The highest BCUT2D eigenvalue weighted by Gasteiger charge is 2.42. The van der Waals surface area contributed by atoms with Crippen LogP contribution in [0, 0.1) is 17.8 Å². The van der Waals surface area contributed by atoms with E-state index in [9.17, 15) is 14.4 Å². The summed E-state index contributed by atoms with van der Waals surface area (Å²) in [5.74, 6) is -2.68. The summed E-state index contributed by atoms with van der Waals surface area (Å²) in [4.78, 5) is 34.2. The highest BCUT2D eigenvalue weighted by molar-refractivity contribution is 5.86. The minimum atomic E-state index is -0.933. The number of carboxylic acids is 1. The third-order valence-corrected chi connectivity index (χ3v) is 3.53. The molecule has 6 heteroatoms. The van der Waals surface area contributed by atoms with E-state index in [2.05, 4.69) is 5.32 Å². The van der Waals surface area contributed by atoms with Crippen molar-refractivity contribution in [1.82, 2.24) is 5.32 Å². The second-order valence-corrected chi connectivity index (χ2v) is 6.14. The lowest BCUT2D eigenvalue weighted by molar-refractivity contribution is -0.146. The van der Waals surface area contributed by atoms with Crippen LogP contribution in [-0.2, 0) is 14.4 Å². The Labute approximate surface area is 112 Å². The van der Waals surface area contributed by atoms with E-state index in [0.717, 1.165) is 0 Å². The van der Waals surface area contributed by atoms with Crippen LogP contribution in [0.4, 0.5) is 0 Å². The van der Waals surface area contributed by atoms with Gasteiger partial charge < -0.3 is 16.2 Å². The lowest BCUT2D eigenvalue weighted by atomic mass is 9.92. The predicted octanol–water partition coefficient (Wildman–Crippen LogP) is 0.504. The first-order chi connectivity index (χ1) is 8.62. The lowest BCUT2D eigenvalue weighted by Crippen LogP contribution is -2.49. The lowest BCUT2D eigenvalue weighted by Gasteiger charge is -2.27. The Morgan fingerprint density at radius 3 is 2.26 bits per heavy atom. The normalized spacial score (nSPS) is 27.0. The van der Waals surface area contributed by atoms with Gasteiger partial charge in [0, 0.05) is 12.0 Å². The Balaban J connectivity index is 2.71. The summed E-state index contributed by atoms with van der Waals surface area (Å²) < 4.78 is 0. The molecule has 19 heavy (non-hydrogen) atoms. The van der Waals surface area contributed by atoms with E-state index in [-0.39, 0.29) is 18.2 Å². The van der Waals surface area contributed by atoms with Gasteiger partial charge in [-0.3, -0.25) is 14.4 Å². The zero-order chi connectivity index (χ0) is 14.8. The number of primary amides is 1. The van der Waals surface area contributed by atoms with E-state index in [1.54, 1.807) is 13.8 Å². The summed E-state index contributed by atoms with van der Waals surface area (Å²) in [5.41, 5.74) is 4.37. The summed E-state index contributed by atoms with van der Waals surface area (Å²) in [5, 5.41) is 11.9. The molecule has 1 rings (SSSR count). The molecule has 1 aliphatic carbocycles. The Morgan fingerprint density at radius 1 is 1.26 bits per heavy atom. The highest BCUT2D eigenvalue weighted by atomic mass is 16.4. The molecule has 108 valence electrons. The zero-order valence-electron chi connectivity index (χ0n) is 11.6. The molecule has 0 bridgehead atoms. The van der Waals surface area contributed by atoms with Crippen molar-refractivity contribution in [2.45, 2.75) is 45.6 Å². The summed E-state index contributed by atoms with van der Waals surface area (Å²) in [6, 6.07) is 0. The van der Waals surface area contributed by atoms with Crippen molar-refractivity contribution in [2.24, 2.45) is 23.5 Å². The Hall–Kier alpha value is -1.59. The Kier molecular flexibility index (Phi) is 4.55. The number of hydrogen-bond acceptors (Lipinski definition) is 3. The summed E-state index contributed by atoms with van der Waals surface area (Å²) >= 11 is 0. The van der Waals surface area contributed by atoms with Gasteiger partial charge in [0.1, 0.15) is 0 Å². The molecule has 3 unspecified atom stereocenters. The van der Waals surface area contributed by atoms with Crippen molar-refractivity contribution in [3.8, 4) is 0 Å². The predicted molar refractivity (Wildman–Crippen MR) is 69.0 cm³/mol. The van der Waals surface area contributed by atoms with Crippen LogP contribution < -0.4 is 11.1 Å². The minimum absolute atomic E-state index is 0.0265. The fraction of sp³-hybridized carbons (Fsp3) is 0.769. The fourth-order valence-electron chi connectivity index (χ4n) is 2.76. The molecular formula is C13H22N2O4. The Morgan fingerprint density at radius 2 is 1.79 bits per heavy atom. The van der Waals surface area contributed by atoms with Crippen molar-refractivity contribution in [1.29, 1.82) is 0 Å². The molecule has 1 saturated carbocycles. The molecule has 0 heterocycles. The largest absolute Gasteiger partial charge is 0.481 e. The fourth-order valence-corrected chi connectivity index (χ4v) is 2.76. The van der Waals surface area contributed by atoms with Gasteiger partial charge in [-0.1, -0.05) is 6.92 Å². The van der Waals surface area contributed by atoms with E-state index < -0.39 is 29.3 Å². The van der Waals surface area contributed by atoms with E-state index in [1.807, 2.05) is 6.92 Å². The third kappa shape index (κ3) is 4.22. The number of nitrogens with one attached hydrogen (secondary N) is 1. The first-order valence-corrected chi connectivity index (χ1v) is 6.45. The van der Waals surface area contributed by atoms with Crippen LogP contribution in [0.15, 0.2) is 0 Å². The second-order valence-electron chi connectivity index (χ2n) is 6.14. The Bertz CT molecular complexity index is 392. The maximum Gasteiger partial charge on any atom is 0.307 e. The minimum Gasteiger partial charge on any atom is -0.481 e. The van der Waals surface area contributed by atoms with Crippen molar-refractivity contribution >= 4 is 17.8 Å². The van der Waals surface area contributed by atoms with Gasteiger partial charge >= 0.3 is 5.97 Å². The summed E-state index contributed by atoms with van der Waals surface area (Å²) in [7, 11) is 0. The van der Waals surface area contributed by atoms with Gasteiger partial charge in [-0.15, -0.1) is 0 Å². The second kappa shape index (κ2) is 5.59. The maximum absolute atomic E-state index is 12.2. The first-order valence-electron chi connectivity index (χ1n) is 6.45. The van der Waals surface area contributed by atoms with Crippen molar-refractivity contribution in [3.05, 3.63) is 0 Å². The number of rotatable bonds is 5. The number of amides is 2. The molecule has 2 amide bonds. The molecule has 0 saturated heterocycles. The van der Waals surface area contributed by atoms with Gasteiger partial charge in [0.2, 0.25) is 11.8 Å². The van der Waals surface area contributed by atoms with Crippen LogP contribution in [0.5, 0.6) is 0 Å². The molecule has 0 spiro atoms. The molecule has 0 aromatic rings. The molecule has 0 aromatic carbocycles. The standard InChI is InChI=1S/C13H22N2O4/c1-7-4-8(9(5-7)12(18)19)11(17)15-13(2,3)6-10(14)16/h7-9H,4-6H2,1-3H3,(H2,14,16)(H,15,17)(H,18,19). The van der Waals surface area contributed by atoms with Crippen LogP contribution in [-0.4, -0.2) is 28.4 Å². The molecule has 6 nitrogen and oxygen atoms in total. The molecule has 1 aliphatic rings. The zero-order valence-corrected chi connectivity index (χ0v) is 11.6. The molecule has 0 radical (unpaired) electrons. The van der Waals surface area contributed by atoms with Gasteiger partial charge in [-0.25, -0.2) is 0 Å². The third-order valence-electron chi connectivity index (χ3n) is 3.53. The van der Waals surface area contributed by atoms with Crippen LogP contribution in [0.3, 0.4) is 0 Å². The van der Waals surface area contributed by atoms with Crippen molar-refractivity contribution < 1.29 is 19.5 Å². The smallest absolute Gasteiger partial charge is 0.307 e. The molecule has 0 aliphatic heterocycles. The molecule has 0 aromatic heterocycles. The van der Waals surface area contributed by atoms with Crippen LogP contribution >= 0.6 is 0 Å². The molecule has 1 fully saturated rings. The van der Waals surface area contributed by atoms with Crippen LogP contribution in [0.25, 0.3) is 0 Å². The van der Waals surface area contributed by atoms with Crippen molar-refractivity contribution in [3.63, 3.8) is 0 Å². The summed E-state index contributed by atoms with van der Waals surface area (Å²) in [6.45, 7) is 5.34. The first kappa shape index (κ1) is 15.5. The van der Waals surface area contributed by atoms with Crippen molar-refractivity contribution in [2.75, 3.05) is 0 Å². The number of aliphatic carboxylic acids is 1. The SMILES string of the molecule is CC1CC(C(=O)O)C(C(=O)NC(C)(C)CC(N)=O)C1. The van der Waals surface area contributed by atoms with Gasteiger partial charge in [-0.2, -0.15) is 0 Å². The van der Waals surface area contributed by atoms with Gasteiger partial charge in [0.05, 0.1) is 11.8 Å². The number of hydrogen-bond donors (Lipinski definition) is 3. The molecule has 3 atom stereocenters. The van der Waals surface area contributed by atoms with Gasteiger partial charge in [0.15, 0.2) is 0 Å². The molecule has 4 N–H and O–H groups in total. The topological polar surface area (TPSA) is 109 Å². The number of carbonyl (C=O) groups is 3. The number of carbonyl (C=O) groups excluding carboxylic acids is 2. The van der Waals surface area contributed by atoms with E-state index >= 15 is 0 Å². The van der Waals surface area contributed by atoms with E-state index in [1.165, 1.54) is 0 Å². The molecular weight excluding hydrogens is 248 g/mol. The van der Waals surface area contributed by atoms with Gasteiger partial charge in [0.25, 0.3) is 0 Å². The number of carboxylic acid groups (broad SMARTS) is 1. The average Bonchev–Trinajstić information content (AvgIpc) is 2.57. The number of nitrogens with two attached hydrogens (primary N) is 1. The van der Waals surface area contributed by atoms with E-state index in [4.69, 9.17) is 10.8 Å². The average molecular weight is 270 g/mol. The van der Waals surface area contributed by atoms with E-state index in [0.29, 0.717) is 12.8 Å². The monoisotopic (exact) mass is 270 g/mol. The summed E-state index contributed by atoms with van der Waals surface area (Å²) in [6.07, 6.45) is 1.11. The van der Waals surface area contributed by atoms with Crippen LogP contribution in [0.1, 0.15) is 40.0 Å². The van der Waals surface area contributed by atoms with Gasteiger partial charge in [-0.05, 0) is 32.6 Å². The highest BCUT2D eigenvalue weighted by Crippen LogP contribution is 2.36. The quantitative estimate of drug-likeness (QED) is 0.675. The van der Waals surface area contributed by atoms with Crippen LogP contribution in [0.2, 0.25) is 0 Å².